The van der Waals surface area contributed by atoms with Crippen LogP contribution in [-0.4, -0.2) is 13.1 Å². The Morgan fingerprint density at radius 1 is 0.542 bits per heavy atom. The summed E-state index contributed by atoms with van der Waals surface area (Å²) in [6.07, 6.45) is 4.00. The Hall–Kier alpha value is -6.19. The van der Waals surface area contributed by atoms with E-state index in [1.165, 1.54) is 95.1 Å². The standard InChI is InChI=1S/C56H60N3/c1-10-31-58(55-40(6)33-38(4)34-41(55)7)48-25-21-46(22-26-48)54(47-23-27-49(28-24-47)59(32-11-2)56-42(8)35-39(5)36-43(56)9)52-29-30-53(51-16-14-13-15-50(51)52)57-37-45-19-17-44(12-3)18-20-45/h12-30,33-36,57H,3,10-11,31-32,37H2,1-2,4-9H3/q+1. The van der Waals surface area contributed by atoms with Gasteiger partial charge in [-0.2, -0.15) is 0 Å². The lowest BCUT2D eigenvalue weighted by atomic mass is 9.82. The fourth-order valence-electron chi connectivity index (χ4n) is 9.12. The molecule has 1 N–H and O–H groups in total. The molecule has 59 heavy (non-hydrogen) atoms. The van der Waals surface area contributed by atoms with Crippen LogP contribution in [0.2, 0.25) is 0 Å². The van der Waals surface area contributed by atoms with Crippen molar-refractivity contribution in [2.24, 2.45) is 0 Å². The lowest BCUT2D eigenvalue weighted by Gasteiger charge is -2.29. The summed E-state index contributed by atoms with van der Waals surface area (Å²) in [6.45, 7) is 24.4. The number of rotatable bonds is 15. The third kappa shape index (κ3) is 8.81. The fraction of sp³-hybridized carbons (Fsp3) is 0.232. The molecule has 0 aliphatic carbocycles. The molecular weight excluding hydrogens is 715 g/mol. The van der Waals surface area contributed by atoms with Crippen molar-refractivity contribution in [1.82, 2.24) is 0 Å². The zero-order valence-corrected chi connectivity index (χ0v) is 36.4. The second kappa shape index (κ2) is 18.2. The van der Waals surface area contributed by atoms with Gasteiger partial charge in [0, 0.05) is 41.8 Å². The summed E-state index contributed by atoms with van der Waals surface area (Å²) >= 11 is 0. The zero-order chi connectivity index (χ0) is 41.6. The van der Waals surface area contributed by atoms with E-state index in [4.69, 9.17) is 0 Å². The lowest BCUT2D eigenvalue weighted by Crippen LogP contribution is -2.20. The van der Waals surface area contributed by atoms with Gasteiger partial charge in [-0.05, 0) is 161 Å². The number of hydrogen-bond acceptors (Lipinski definition) is 3. The van der Waals surface area contributed by atoms with Crippen molar-refractivity contribution in [2.75, 3.05) is 28.2 Å². The van der Waals surface area contributed by atoms with Gasteiger partial charge < -0.3 is 15.1 Å². The van der Waals surface area contributed by atoms with Crippen LogP contribution < -0.4 is 15.1 Å². The van der Waals surface area contributed by atoms with Gasteiger partial charge >= 0.3 is 0 Å². The van der Waals surface area contributed by atoms with Gasteiger partial charge in [0.2, 0.25) is 0 Å². The summed E-state index contributed by atoms with van der Waals surface area (Å²) in [4.78, 5) is 5.00. The second-order valence-corrected chi connectivity index (χ2v) is 16.3. The highest BCUT2D eigenvalue weighted by atomic mass is 15.1. The van der Waals surface area contributed by atoms with Crippen molar-refractivity contribution in [3.05, 3.63) is 207 Å². The van der Waals surface area contributed by atoms with Crippen LogP contribution in [-0.2, 0) is 6.54 Å². The Labute approximate surface area is 354 Å². The molecule has 298 valence electrons. The molecular formula is C56H60N3+. The molecule has 0 atom stereocenters. The molecule has 7 rings (SSSR count). The highest BCUT2D eigenvalue weighted by Crippen LogP contribution is 2.41. The molecule has 3 nitrogen and oxygen atoms in total. The van der Waals surface area contributed by atoms with Crippen LogP contribution >= 0.6 is 0 Å². The van der Waals surface area contributed by atoms with Crippen LogP contribution in [0, 0.1) is 47.5 Å². The van der Waals surface area contributed by atoms with Crippen LogP contribution in [0.5, 0.6) is 0 Å². The monoisotopic (exact) mass is 774 g/mol. The molecule has 0 aromatic heterocycles. The molecule has 0 bridgehead atoms. The Bertz CT molecular complexity index is 2390. The number of nitrogens with zero attached hydrogens (tertiary/aromatic N) is 2. The normalized spacial score (nSPS) is 11.1. The minimum absolute atomic E-state index is 0.739. The van der Waals surface area contributed by atoms with Crippen molar-refractivity contribution in [1.29, 1.82) is 0 Å². The summed E-state index contributed by atoms with van der Waals surface area (Å²) in [5.74, 6) is 1.22. The number of benzene rings is 7. The maximum Gasteiger partial charge on any atom is 0.0638 e. The van der Waals surface area contributed by atoms with E-state index in [9.17, 15) is 0 Å². The Balaban J connectivity index is 1.32. The van der Waals surface area contributed by atoms with Crippen LogP contribution in [0.25, 0.3) is 16.8 Å². The lowest BCUT2D eigenvalue weighted by molar-refractivity contribution is 0.878. The van der Waals surface area contributed by atoms with Gasteiger partial charge in [-0.1, -0.05) is 98.3 Å². The van der Waals surface area contributed by atoms with E-state index in [1.807, 2.05) is 6.08 Å². The van der Waals surface area contributed by atoms with E-state index >= 15 is 0 Å². The van der Waals surface area contributed by atoms with Gasteiger partial charge in [0.1, 0.15) is 0 Å². The smallest absolute Gasteiger partial charge is 0.0638 e. The fourth-order valence-corrected chi connectivity index (χ4v) is 9.12. The first-order valence-electron chi connectivity index (χ1n) is 21.4. The van der Waals surface area contributed by atoms with Gasteiger partial charge in [0.25, 0.3) is 0 Å². The SMILES string of the molecule is C=Cc1ccc(CNc2ccc([C+](c3ccc(N(CCC)c4c(C)cc(C)cc4C)cc3)c3ccc(N(CCC)c4c(C)cc(C)cc4C)cc3)c3ccccc23)cc1. The maximum atomic E-state index is 3.91. The summed E-state index contributed by atoms with van der Waals surface area (Å²) < 4.78 is 0. The average molecular weight is 775 g/mol. The van der Waals surface area contributed by atoms with E-state index in [0.717, 1.165) is 43.7 Å². The summed E-state index contributed by atoms with van der Waals surface area (Å²) in [5, 5.41) is 6.19. The number of anilines is 5. The molecule has 0 amide bonds. The van der Waals surface area contributed by atoms with Crippen LogP contribution in [0.1, 0.15) is 87.9 Å². The predicted octanol–water partition coefficient (Wildman–Crippen LogP) is 15.1. The highest BCUT2D eigenvalue weighted by Gasteiger charge is 2.27. The first kappa shape index (κ1) is 41.0. The number of nitrogens with one attached hydrogen (secondary N) is 1. The molecule has 7 aromatic carbocycles. The van der Waals surface area contributed by atoms with Gasteiger partial charge in [0.05, 0.1) is 39.7 Å². The van der Waals surface area contributed by atoms with Crippen molar-refractivity contribution < 1.29 is 0 Å². The topological polar surface area (TPSA) is 18.5 Å². The van der Waals surface area contributed by atoms with Crippen molar-refractivity contribution >= 4 is 45.3 Å². The van der Waals surface area contributed by atoms with Crippen molar-refractivity contribution in [3.8, 4) is 0 Å². The van der Waals surface area contributed by atoms with E-state index < -0.39 is 0 Å². The van der Waals surface area contributed by atoms with Crippen LogP contribution in [0.4, 0.5) is 28.4 Å². The van der Waals surface area contributed by atoms with Gasteiger partial charge in [-0.3, -0.25) is 0 Å². The largest absolute Gasteiger partial charge is 0.380 e. The molecule has 0 unspecified atom stereocenters. The molecule has 0 fully saturated rings. The second-order valence-electron chi connectivity index (χ2n) is 16.3. The maximum absolute atomic E-state index is 3.91. The summed E-state index contributed by atoms with van der Waals surface area (Å²) in [7, 11) is 0. The molecule has 0 aliphatic rings. The number of fused-ring (bicyclic) bond motifs is 1. The molecule has 0 saturated heterocycles. The third-order valence-electron chi connectivity index (χ3n) is 11.5. The first-order chi connectivity index (χ1) is 28.6. The van der Waals surface area contributed by atoms with Gasteiger partial charge in [-0.25, -0.2) is 0 Å². The molecule has 7 aromatic rings. The average Bonchev–Trinajstić information content (AvgIpc) is 3.23. The van der Waals surface area contributed by atoms with E-state index in [2.05, 4.69) is 211 Å². The first-order valence-corrected chi connectivity index (χ1v) is 21.4. The molecule has 0 saturated carbocycles. The van der Waals surface area contributed by atoms with Crippen LogP contribution in [0.3, 0.4) is 0 Å². The van der Waals surface area contributed by atoms with E-state index in [0.29, 0.717) is 0 Å². The third-order valence-corrected chi connectivity index (χ3v) is 11.5. The summed E-state index contributed by atoms with van der Waals surface area (Å²) in [5.41, 5.74) is 20.0. The minimum Gasteiger partial charge on any atom is -0.380 e. The van der Waals surface area contributed by atoms with Crippen molar-refractivity contribution in [3.63, 3.8) is 0 Å². The molecule has 0 aliphatic heterocycles. The van der Waals surface area contributed by atoms with Crippen molar-refractivity contribution in [2.45, 2.75) is 74.8 Å². The minimum atomic E-state index is 0.739. The predicted molar refractivity (Wildman–Crippen MR) is 257 cm³/mol. The molecule has 0 heterocycles. The summed E-state index contributed by atoms with van der Waals surface area (Å²) in [6, 6.07) is 49.8. The van der Waals surface area contributed by atoms with E-state index in [-0.39, 0.29) is 0 Å². The Morgan fingerprint density at radius 3 is 1.44 bits per heavy atom. The molecule has 3 heteroatoms. The van der Waals surface area contributed by atoms with Gasteiger partial charge in [0.15, 0.2) is 0 Å². The Kier molecular flexibility index (Phi) is 12.6. The quantitative estimate of drug-likeness (QED) is 0.0827. The van der Waals surface area contributed by atoms with Gasteiger partial charge in [-0.15, -0.1) is 0 Å². The highest BCUT2D eigenvalue weighted by molar-refractivity contribution is 5.98. The van der Waals surface area contributed by atoms with E-state index in [1.54, 1.807) is 0 Å². The van der Waals surface area contributed by atoms with Crippen LogP contribution in [0.15, 0.2) is 140 Å². The zero-order valence-electron chi connectivity index (χ0n) is 36.4. The molecule has 0 radical (unpaired) electrons. The Morgan fingerprint density at radius 2 is 1.00 bits per heavy atom. The number of hydrogen-bond donors (Lipinski definition) is 1. The molecule has 0 spiro atoms. The number of aryl methyl sites for hydroxylation is 6.